The number of sulfone groups is 1. The van der Waals surface area contributed by atoms with Gasteiger partial charge in [-0.2, -0.15) is 0 Å². The van der Waals surface area contributed by atoms with Gasteiger partial charge in [0.2, 0.25) is 0 Å². The Hall–Kier alpha value is -2.19. The number of carbonyl (C=O) groups is 1. The van der Waals surface area contributed by atoms with Crippen molar-refractivity contribution in [3.63, 3.8) is 0 Å². The number of esters is 1. The average Bonchev–Trinajstić information content (AvgIpc) is 3.76. The van der Waals surface area contributed by atoms with Crippen LogP contribution in [-0.2, 0) is 57.3 Å². The quantitative estimate of drug-likeness (QED) is 0.121. The van der Waals surface area contributed by atoms with Crippen molar-refractivity contribution in [3.8, 4) is 0 Å². The van der Waals surface area contributed by atoms with Gasteiger partial charge < -0.3 is 42.6 Å². The molecule has 4 rings (SSSR count). The van der Waals surface area contributed by atoms with Gasteiger partial charge in [-0.1, -0.05) is 31.5 Å². The molecule has 3 heterocycles. The molecule has 0 aliphatic carbocycles. The molecule has 0 N–H and O–H groups in total. The molecule has 3 saturated heterocycles. The standard InChI is InChI=1S/C35H53NO12S/c1-22-10-12-26(13-11-22)49(38,39)35(36-6,18-24(3)33-30(44-21-41-8)16-31(37)47-33)17-23(2)32-29(43-20-40-7)15-28(46-32)27(42-9)14-25-19-45-34(4,5)48-25/h10-13,23-25,27-30,32-33H,14-21H2,1-5,7-9H3/t23-,24-,25+,27-,28-,29-,30-,32-,33-,35?/m0/s1. The Kier molecular flexibility index (Phi) is 13.6. The summed E-state index contributed by atoms with van der Waals surface area (Å²) < 4.78 is 81.3. The highest BCUT2D eigenvalue weighted by Crippen LogP contribution is 2.44. The second-order valence-corrected chi connectivity index (χ2v) is 16.2. The van der Waals surface area contributed by atoms with Gasteiger partial charge in [0, 0.05) is 52.9 Å². The molecule has 0 aromatic heterocycles. The minimum Gasteiger partial charge on any atom is -0.459 e. The monoisotopic (exact) mass is 711 g/mol. The van der Waals surface area contributed by atoms with Crippen molar-refractivity contribution in [2.75, 3.05) is 41.5 Å². The topological polar surface area (TPSA) is 139 Å². The minimum atomic E-state index is -4.26. The van der Waals surface area contributed by atoms with E-state index < -0.39 is 68.8 Å². The number of carbonyl (C=O) groups excluding carboxylic acids is 1. The van der Waals surface area contributed by atoms with E-state index in [1.165, 1.54) is 26.4 Å². The Morgan fingerprint density at radius 3 is 2.16 bits per heavy atom. The molecular weight excluding hydrogens is 658 g/mol. The molecule has 1 aromatic carbocycles. The molecule has 3 aliphatic rings. The fourth-order valence-corrected chi connectivity index (χ4v) is 9.30. The summed E-state index contributed by atoms with van der Waals surface area (Å²) in [6.45, 7) is 18.1. The smallest absolute Gasteiger partial charge is 0.334 e. The average molecular weight is 712 g/mol. The summed E-state index contributed by atoms with van der Waals surface area (Å²) in [5.41, 5.74) is 0.888. The molecule has 3 aliphatic heterocycles. The van der Waals surface area contributed by atoms with Crippen molar-refractivity contribution in [2.24, 2.45) is 11.8 Å². The molecule has 0 bridgehead atoms. The maximum Gasteiger partial charge on any atom is 0.334 e. The maximum absolute atomic E-state index is 14.6. The summed E-state index contributed by atoms with van der Waals surface area (Å²) in [5.74, 6) is -2.15. The second kappa shape index (κ2) is 16.9. The molecule has 0 spiro atoms. The van der Waals surface area contributed by atoms with Gasteiger partial charge in [-0.25, -0.2) is 15.0 Å². The van der Waals surface area contributed by atoms with E-state index in [-0.39, 0.29) is 50.0 Å². The number of rotatable bonds is 18. The van der Waals surface area contributed by atoms with Gasteiger partial charge >= 0.3 is 10.8 Å². The summed E-state index contributed by atoms with van der Waals surface area (Å²) in [6.07, 6.45) is -2.54. The molecule has 0 amide bonds. The van der Waals surface area contributed by atoms with Gasteiger partial charge in [0.15, 0.2) is 5.79 Å². The second-order valence-electron chi connectivity index (χ2n) is 14.0. The number of ether oxygens (including phenoxy) is 9. The molecule has 3 fully saturated rings. The van der Waals surface area contributed by atoms with Crippen LogP contribution in [0.4, 0.5) is 0 Å². The lowest BCUT2D eigenvalue weighted by Gasteiger charge is -2.33. The van der Waals surface area contributed by atoms with Crippen LogP contribution in [0.1, 0.15) is 65.4 Å². The first-order valence-corrected chi connectivity index (χ1v) is 18.3. The highest BCUT2D eigenvalue weighted by atomic mass is 32.2. The van der Waals surface area contributed by atoms with Gasteiger partial charge in [0.25, 0.3) is 9.84 Å². The SMILES string of the molecule is [C-]#[N+]C(C[C@H](C)[C@@H]1OC(=O)C[C@@H]1OCOC)(C[C@H](C)[C@@H]1O[C@H]([C@H](C[C@@H]2COC(C)(C)O2)OC)C[C@@H]1OCOC)S(=O)(=O)c1ccc(C)cc1. The normalized spacial score (nSPS) is 30.0. The number of benzene rings is 1. The number of methoxy groups -OCH3 is 3. The summed E-state index contributed by atoms with van der Waals surface area (Å²) >= 11 is 0. The lowest BCUT2D eigenvalue weighted by molar-refractivity contribution is -0.148. The van der Waals surface area contributed by atoms with Crippen LogP contribution in [0, 0.1) is 25.3 Å². The summed E-state index contributed by atoms with van der Waals surface area (Å²) in [4.78, 5) is 14.4. The number of aryl methyl sites for hydroxylation is 1. The lowest BCUT2D eigenvalue weighted by Crippen LogP contribution is -2.45. The van der Waals surface area contributed by atoms with Crippen molar-refractivity contribution >= 4 is 15.8 Å². The van der Waals surface area contributed by atoms with Gasteiger partial charge in [0.05, 0.1) is 48.4 Å². The van der Waals surface area contributed by atoms with Crippen LogP contribution >= 0.6 is 0 Å². The van der Waals surface area contributed by atoms with Crippen molar-refractivity contribution < 1.29 is 55.8 Å². The first-order valence-electron chi connectivity index (χ1n) is 16.8. The van der Waals surface area contributed by atoms with Crippen molar-refractivity contribution in [2.45, 2.75) is 125 Å². The van der Waals surface area contributed by atoms with Gasteiger partial charge in [-0.3, -0.25) is 9.64 Å². The van der Waals surface area contributed by atoms with Crippen LogP contribution in [0.15, 0.2) is 29.2 Å². The van der Waals surface area contributed by atoms with Crippen LogP contribution in [0.3, 0.4) is 0 Å². The molecule has 1 aromatic rings. The predicted octanol–water partition coefficient (Wildman–Crippen LogP) is 4.44. The molecule has 14 heteroatoms. The van der Waals surface area contributed by atoms with E-state index in [0.717, 1.165) is 5.56 Å². The molecule has 276 valence electrons. The molecule has 0 radical (unpaired) electrons. The first kappa shape index (κ1) is 39.6. The van der Waals surface area contributed by atoms with Crippen LogP contribution in [0.2, 0.25) is 0 Å². The van der Waals surface area contributed by atoms with E-state index in [1.54, 1.807) is 26.2 Å². The van der Waals surface area contributed by atoms with E-state index >= 15 is 0 Å². The summed E-state index contributed by atoms with van der Waals surface area (Å²) in [5, 5.41) is 0. The minimum absolute atomic E-state index is 0.0104. The van der Waals surface area contributed by atoms with Gasteiger partial charge in [0.1, 0.15) is 25.8 Å². The Balaban J connectivity index is 1.64. The number of hydrogen-bond acceptors (Lipinski definition) is 12. The molecule has 10 atom stereocenters. The van der Waals surface area contributed by atoms with Crippen LogP contribution in [0.25, 0.3) is 4.85 Å². The maximum atomic E-state index is 14.6. The fraction of sp³-hybridized carbons (Fsp3) is 0.771. The fourth-order valence-electron chi connectivity index (χ4n) is 7.28. The highest BCUT2D eigenvalue weighted by molar-refractivity contribution is 7.93. The Morgan fingerprint density at radius 1 is 1.00 bits per heavy atom. The van der Waals surface area contributed by atoms with Crippen LogP contribution in [0.5, 0.6) is 0 Å². The van der Waals surface area contributed by atoms with Gasteiger partial charge in [-0.05, 0) is 38.8 Å². The molecule has 0 saturated carbocycles. The molecule has 49 heavy (non-hydrogen) atoms. The van der Waals surface area contributed by atoms with Crippen LogP contribution < -0.4 is 0 Å². The Morgan fingerprint density at radius 2 is 1.61 bits per heavy atom. The highest BCUT2D eigenvalue weighted by Gasteiger charge is 2.57. The van der Waals surface area contributed by atoms with Gasteiger partial charge in [-0.15, -0.1) is 0 Å². The Bertz CT molecular complexity index is 1380. The number of hydrogen-bond donors (Lipinski definition) is 0. The molecule has 13 nitrogen and oxygen atoms in total. The third-order valence-corrected chi connectivity index (χ3v) is 12.0. The van der Waals surface area contributed by atoms with E-state index in [1.807, 2.05) is 27.7 Å². The van der Waals surface area contributed by atoms with E-state index in [0.29, 0.717) is 19.4 Å². The lowest BCUT2D eigenvalue weighted by atomic mass is 9.86. The van der Waals surface area contributed by atoms with E-state index in [4.69, 9.17) is 49.2 Å². The zero-order chi connectivity index (χ0) is 36.0. The third-order valence-electron chi connectivity index (χ3n) is 9.68. The van der Waals surface area contributed by atoms with Crippen molar-refractivity contribution in [3.05, 3.63) is 41.2 Å². The molecule has 1 unspecified atom stereocenters. The summed E-state index contributed by atoms with van der Waals surface area (Å²) in [7, 11) is 0.365. The molecular formula is C35H53NO12S. The van der Waals surface area contributed by atoms with E-state index in [2.05, 4.69) is 4.85 Å². The zero-order valence-electron chi connectivity index (χ0n) is 29.9. The summed E-state index contributed by atoms with van der Waals surface area (Å²) in [6, 6.07) is 6.50. The third kappa shape index (κ3) is 9.38. The van der Waals surface area contributed by atoms with Crippen molar-refractivity contribution in [1.82, 2.24) is 0 Å². The largest absolute Gasteiger partial charge is 0.459 e. The zero-order valence-corrected chi connectivity index (χ0v) is 30.7. The predicted molar refractivity (Wildman–Crippen MR) is 177 cm³/mol. The first-order chi connectivity index (χ1) is 23.2. The van der Waals surface area contributed by atoms with E-state index in [9.17, 15) is 13.2 Å². The number of cyclic esters (lactones) is 1. The number of nitrogens with zero attached hydrogens (tertiary/aromatic N) is 1. The van der Waals surface area contributed by atoms with Crippen molar-refractivity contribution in [1.29, 1.82) is 0 Å². The Labute approximate surface area is 290 Å². The van der Waals surface area contributed by atoms with Crippen LogP contribution in [-0.4, -0.2) is 109 Å².